The van der Waals surface area contributed by atoms with Crippen LogP contribution in [0.3, 0.4) is 0 Å². The summed E-state index contributed by atoms with van der Waals surface area (Å²) in [5, 5.41) is 6.55. The lowest BCUT2D eigenvalue weighted by molar-refractivity contribution is -0.132. The molecule has 31 heavy (non-hydrogen) atoms. The molecule has 1 aliphatic rings. The van der Waals surface area contributed by atoms with Crippen molar-refractivity contribution in [1.29, 1.82) is 0 Å². The summed E-state index contributed by atoms with van der Waals surface area (Å²) in [6.07, 6.45) is 5.30. The van der Waals surface area contributed by atoms with Crippen LogP contribution in [0.15, 0.2) is 27.9 Å². The van der Waals surface area contributed by atoms with Gasteiger partial charge in [0.05, 0.1) is 43.2 Å². The molecule has 2 aromatic heterocycles. The van der Waals surface area contributed by atoms with E-state index in [-0.39, 0.29) is 17.6 Å². The highest BCUT2D eigenvalue weighted by atomic mass is 79.9. The third kappa shape index (κ3) is 6.62. The number of aromatic nitrogens is 4. The quantitative estimate of drug-likeness (QED) is 0.504. The summed E-state index contributed by atoms with van der Waals surface area (Å²) >= 11 is 9.01. The van der Waals surface area contributed by atoms with Gasteiger partial charge in [-0.1, -0.05) is 18.5 Å². The predicted molar refractivity (Wildman–Crippen MR) is 119 cm³/mol. The van der Waals surface area contributed by atoms with Crippen molar-refractivity contribution >= 4 is 39.4 Å². The van der Waals surface area contributed by atoms with Gasteiger partial charge in [0.1, 0.15) is 10.6 Å². The average molecular weight is 516 g/mol. The van der Waals surface area contributed by atoms with Crippen molar-refractivity contribution in [2.24, 2.45) is 0 Å². The third-order valence-corrected chi connectivity index (χ3v) is 5.74. The van der Waals surface area contributed by atoms with E-state index in [1.807, 2.05) is 16.7 Å². The van der Waals surface area contributed by atoms with E-state index in [2.05, 4.69) is 36.1 Å². The molecule has 0 aromatic carbocycles. The number of aromatic amines is 1. The summed E-state index contributed by atoms with van der Waals surface area (Å²) in [6, 6.07) is 0. The number of carbonyl (C=O) groups is 1. The Kier molecular flexibility index (Phi) is 8.61. The molecule has 0 radical (unpaired) electrons. The molecular weight excluding hydrogens is 492 g/mol. The highest BCUT2D eigenvalue weighted by Gasteiger charge is 2.22. The first-order chi connectivity index (χ1) is 15.0. The molecule has 0 spiro atoms. The summed E-state index contributed by atoms with van der Waals surface area (Å²) in [6.45, 7) is 5.11. The maximum absolute atomic E-state index is 12.5. The Balaban J connectivity index is 1.37. The van der Waals surface area contributed by atoms with Crippen LogP contribution in [0, 0.1) is 0 Å². The Morgan fingerprint density at radius 1 is 1.26 bits per heavy atom. The average Bonchev–Trinajstić information content (AvgIpc) is 2.79. The van der Waals surface area contributed by atoms with Gasteiger partial charge < -0.3 is 19.3 Å². The summed E-state index contributed by atoms with van der Waals surface area (Å²) in [5.41, 5.74) is -0.360. The first-order valence-corrected chi connectivity index (χ1v) is 11.1. The van der Waals surface area contributed by atoms with Crippen LogP contribution < -0.4 is 15.2 Å². The van der Waals surface area contributed by atoms with Crippen LogP contribution in [0.25, 0.3) is 0 Å². The van der Waals surface area contributed by atoms with Gasteiger partial charge in [-0.05, 0) is 22.4 Å². The second-order valence-electron chi connectivity index (χ2n) is 6.92. The van der Waals surface area contributed by atoms with Gasteiger partial charge in [-0.15, -0.1) is 0 Å². The number of anilines is 1. The second kappa shape index (κ2) is 11.4. The number of nitrogens with zero attached hydrogens (tertiary/aromatic N) is 5. The standard InChI is InChI=1S/C19H24BrClN6O4/c1-2-14(31-15-11-24-25-18(29)17(15)20)12-30-8-3-16(28)26-4-6-27(7-5-26)19-22-9-13(21)10-23-19/h9-11,14H,2-8,12H2,1H3,(H,25,29). The fraction of sp³-hybridized carbons (Fsp3) is 0.526. The molecule has 1 fully saturated rings. The molecule has 1 amide bonds. The van der Waals surface area contributed by atoms with Gasteiger partial charge in [0.2, 0.25) is 11.9 Å². The lowest BCUT2D eigenvalue weighted by Crippen LogP contribution is -2.49. The van der Waals surface area contributed by atoms with Gasteiger partial charge in [-0.2, -0.15) is 5.10 Å². The van der Waals surface area contributed by atoms with Crippen LogP contribution in [0.1, 0.15) is 19.8 Å². The zero-order valence-corrected chi connectivity index (χ0v) is 19.4. The molecule has 0 aliphatic carbocycles. The van der Waals surface area contributed by atoms with Crippen molar-refractivity contribution < 1.29 is 14.3 Å². The Bertz CT molecular complexity index is 920. The lowest BCUT2D eigenvalue weighted by atomic mass is 10.3. The number of nitrogens with one attached hydrogen (secondary N) is 1. The van der Waals surface area contributed by atoms with Crippen LogP contribution in [0.5, 0.6) is 5.75 Å². The number of rotatable bonds is 9. The van der Waals surface area contributed by atoms with Gasteiger partial charge in [-0.25, -0.2) is 15.1 Å². The predicted octanol–water partition coefficient (Wildman–Crippen LogP) is 1.89. The van der Waals surface area contributed by atoms with Crippen molar-refractivity contribution in [3.05, 3.63) is 38.4 Å². The minimum absolute atomic E-state index is 0.0483. The monoisotopic (exact) mass is 514 g/mol. The number of amides is 1. The van der Waals surface area contributed by atoms with E-state index >= 15 is 0 Å². The van der Waals surface area contributed by atoms with E-state index in [0.29, 0.717) is 73.4 Å². The number of hydrogen-bond donors (Lipinski definition) is 1. The van der Waals surface area contributed by atoms with Gasteiger partial charge in [-0.3, -0.25) is 9.59 Å². The SMILES string of the molecule is CCC(COCCC(=O)N1CCN(c2ncc(Cl)cn2)CC1)Oc1cn[nH]c(=O)c1Br. The molecule has 3 rings (SSSR count). The van der Waals surface area contributed by atoms with E-state index in [0.717, 1.165) is 0 Å². The van der Waals surface area contributed by atoms with E-state index in [1.165, 1.54) is 6.20 Å². The van der Waals surface area contributed by atoms with Gasteiger partial charge in [0.15, 0.2) is 5.75 Å². The molecule has 1 unspecified atom stereocenters. The van der Waals surface area contributed by atoms with Gasteiger partial charge >= 0.3 is 0 Å². The molecule has 0 bridgehead atoms. The first kappa shape index (κ1) is 23.4. The summed E-state index contributed by atoms with van der Waals surface area (Å²) in [5.74, 6) is 1.03. The van der Waals surface area contributed by atoms with E-state index in [1.54, 1.807) is 12.4 Å². The number of halogens is 2. The van der Waals surface area contributed by atoms with Crippen LogP contribution in [-0.2, 0) is 9.53 Å². The Labute approximate surface area is 193 Å². The largest absolute Gasteiger partial charge is 0.485 e. The molecule has 3 heterocycles. The van der Waals surface area contributed by atoms with Gasteiger partial charge in [0, 0.05) is 26.2 Å². The fourth-order valence-electron chi connectivity index (χ4n) is 3.02. The molecule has 168 valence electrons. The number of hydrogen-bond acceptors (Lipinski definition) is 8. The van der Waals surface area contributed by atoms with Crippen molar-refractivity contribution in [3.63, 3.8) is 0 Å². The van der Waals surface area contributed by atoms with Crippen LogP contribution in [0.2, 0.25) is 5.02 Å². The Morgan fingerprint density at radius 2 is 1.97 bits per heavy atom. The number of piperazine rings is 1. The highest BCUT2D eigenvalue weighted by Crippen LogP contribution is 2.20. The minimum atomic E-state index is -0.360. The molecule has 1 atom stereocenters. The lowest BCUT2D eigenvalue weighted by Gasteiger charge is -2.34. The third-order valence-electron chi connectivity index (χ3n) is 4.80. The van der Waals surface area contributed by atoms with Crippen LogP contribution >= 0.6 is 27.5 Å². The zero-order chi connectivity index (χ0) is 22.2. The van der Waals surface area contributed by atoms with Crippen molar-refractivity contribution in [3.8, 4) is 5.75 Å². The summed E-state index contributed by atoms with van der Waals surface area (Å²) in [4.78, 5) is 36.3. The number of carbonyl (C=O) groups excluding carboxylic acids is 1. The maximum atomic E-state index is 12.5. The molecule has 12 heteroatoms. The number of ether oxygens (including phenoxy) is 2. The van der Waals surface area contributed by atoms with Gasteiger partial charge in [0.25, 0.3) is 5.56 Å². The molecule has 0 saturated carbocycles. The van der Waals surface area contributed by atoms with E-state index < -0.39 is 0 Å². The molecule has 10 nitrogen and oxygen atoms in total. The maximum Gasteiger partial charge on any atom is 0.282 e. The molecule has 1 N–H and O–H groups in total. The molecule has 2 aromatic rings. The fourth-order valence-corrected chi connectivity index (χ4v) is 3.40. The van der Waals surface area contributed by atoms with Crippen molar-refractivity contribution in [1.82, 2.24) is 25.1 Å². The second-order valence-corrected chi connectivity index (χ2v) is 8.15. The zero-order valence-electron chi connectivity index (χ0n) is 17.1. The van der Waals surface area contributed by atoms with E-state index in [9.17, 15) is 9.59 Å². The minimum Gasteiger partial charge on any atom is -0.485 e. The molecule has 1 saturated heterocycles. The normalized spacial score (nSPS) is 15.1. The smallest absolute Gasteiger partial charge is 0.282 e. The topological polar surface area (TPSA) is 114 Å². The first-order valence-electron chi connectivity index (χ1n) is 9.95. The van der Waals surface area contributed by atoms with E-state index in [4.69, 9.17) is 21.1 Å². The van der Waals surface area contributed by atoms with Crippen molar-refractivity contribution in [2.75, 3.05) is 44.3 Å². The molecular formula is C19H24BrClN6O4. The van der Waals surface area contributed by atoms with Crippen LogP contribution in [-0.4, -0.2) is 76.5 Å². The van der Waals surface area contributed by atoms with Crippen LogP contribution in [0.4, 0.5) is 5.95 Å². The Morgan fingerprint density at radius 3 is 2.65 bits per heavy atom. The highest BCUT2D eigenvalue weighted by molar-refractivity contribution is 9.10. The summed E-state index contributed by atoms with van der Waals surface area (Å²) < 4.78 is 11.7. The summed E-state index contributed by atoms with van der Waals surface area (Å²) in [7, 11) is 0. The molecule has 1 aliphatic heterocycles. The van der Waals surface area contributed by atoms with Crippen molar-refractivity contribution in [2.45, 2.75) is 25.9 Å². The Hall–Kier alpha value is -2.24. The number of H-pyrrole nitrogens is 1.